The molecule has 1 atom stereocenters. The lowest BCUT2D eigenvalue weighted by atomic mass is 9.71. The number of thiazole rings is 1. The van der Waals surface area contributed by atoms with Gasteiger partial charge < -0.3 is 10.6 Å². The van der Waals surface area contributed by atoms with Crippen molar-refractivity contribution in [3.63, 3.8) is 0 Å². The Morgan fingerprint density at radius 1 is 1.30 bits per heavy atom. The average Bonchev–Trinajstić information content (AvgIpc) is 3.14. The number of quaternary nitrogens is 1. The molecule has 0 radical (unpaired) electrons. The lowest BCUT2D eigenvalue weighted by molar-refractivity contribution is -0.0162. The number of guanidine groups is 1. The molecule has 6 heterocycles. The lowest BCUT2D eigenvalue weighted by Crippen LogP contribution is -2.75. The van der Waals surface area contributed by atoms with E-state index in [2.05, 4.69) is 26.9 Å². The molecule has 2 N–H and O–H groups in total. The number of piperidine rings is 3. The second-order valence-corrected chi connectivity index (χ2v) is 8.00. The Labute approximate surface area is 138 Å². The van der Waals surface area contributed by atoms with Gasteiger partial charge in [-0.25, -0.2) is 9.97 Å². The van der Waals surface area contributed by atoms with Crippen LogP contribution in [0.15, 0.2) is 17.4 Å². The Kier molecular flexibility index (Phi) is 2.60. The molecule has 2 bridgehead atoms. The Balaban J connectivity index is 1.59. The summed E-state index contributed by atoms with van der Waals surface area (Å²) in [4.78, 5) is 21.3. The number of aromatic nitrogens is 3. The number of hydrogen-bond donors (Lipinski definition) is 1. The lowest BCUT2D eigenvalue weighted by Gasteiger charge is -2.57. The van der Waals surface area contributed by atoms with E-state index in [9.17, 15) is 0 Å². The molecule has 3 saturated heterocycles. The maximum Gasteiger partial charge on any atom is 0.290 e. The fourth-order valence-corrected chi connectivity index (χ4v) is 5.81. The monoisotopic (exact) mass is 330 g/mol. The summed E-state index contributed by atoms with van der Waals surface area (Å²) in [5.41, 5.74) is 6.94. The summed E-state index contributed by atoms with van der Waals surface area (Å²) in [7, 11) is 2.10. The molecule has 2 aromatic heterocycles. The van der Waals surface area contributed by atoms with Gasteiger partial charge in [-0.1, -0.05) is 0 Å². The molecule has 0 amide bonds. The number of aliphatic imine (C=N–C) groups is 1. The van der Waals surface area contributed by atoms with Crippen molar-refractivity contribution < 1.29 is 0 Å². The van der Waals surface area contributed by atoms with Gasteiger partial charge in [0.25, 0.3) is 5.13 Å². The summed E-state index contributed by atoms with van der Waals surface area (Å²) in [5, 5.41) is 1.16. The van der Waals surface area contributed by atoms with E-state index in [0.717, 1.165) is 46.3 Å². The van der Waals surface area contributed by atoms with Gasteiger partial charge in [-0.15, -0.1) is 0 Å². The van der Waals surface area contributed by atoms with Gasteiger partial charge in [-0.2, -0.15) is 4.98 Å². The van der Waals surface area contributed by atoms with Crippen LogP contribution in [0.5, 0.6) is 0 Å². The number of nitrogens with two attached hydrogens (primary N) is 1. The van der Waals surface area contributed by atoms with Crippen molar-refractivity contribution in [2.45, 2.75) is 18.4 Å². The molecule has 120 valence electrons. The molecule has 4 aliphatic heterocycles. The zero-order valence-corrected chi connectivity index (χ0v) is 14.0. The first-order chi connectivity index (χ1) is 11.1. The summed E-state index contributed by atoms with van der Waals surface area (Å²) in [6.07, 6.45) is 5.89. The number of fused-ring (bicyclic) bond motifs is 3. The fraction of sp³-hybridized carbons (Fsp3) is 0.600. The minimum Gasteiger partial charge on any atom is -0.370 e. The van der Waals surface area contributed by atoms with Crippen LogP contribution in [0.25, 0.3) is 10.5 Å². The van der Waals surface area contributed by atoms with Gasteiger partial charge in [-0.3, -0.25) is 9.48 Å². The van der Waals surface area contributed by atoms with Crippen LogP contribution < -0.4 is 10.2 Å². The molecule has 2 aromatic rings. The van der Waals surface area contributed by atoms with E-state index in [1.165, 1.54) is 12.8 Å². The van der Waals surface area contributed by atoms with Crippen molar-refractivity contribution in [2.24, 2.45) is 16.6 Å². The predicted octanol–water partition coefficient (Wildman–Crippen LogP) is 0.816. The molecule has 0 saturated carbocycles. The van der Waals surface area contributed by atoms with Crippen LogP contribution in [0.4, 0.5) is 5.13 Å². The summed E-state index contributed by atoms with van der Waals surface area (Å²) in [6, 6.07) is 0. The minimum absolute atomic E-state index is 0.0687. The van der Waals surface area contributed by atoms with Gasteiger partial charge in [0.05, 0.1) is 19.6 Å². The second-order valence-electron chi connectivity index (χ2n) is 7.04. The van der Waals surface area contributed by atoms with Gasteiger partial charge in [0.2, 0.25) is 0 Å². The molecule has 7 nitrogen and oxygen atoms in total. The second kappa shape index (κ2) is 4.39. The van der Waals surface area contributed by atoms with Crippen LogP contribution in [0.1, 0.15) is 12.8 Å². The van der Waals surface area contributed by atoms with Crippen molar-refractivity contribution in [2.75, 3.05) is 33.2 Å². The third kappa shape index (κ3) is 1.68. The van der Waals surface area contributed by atoms with Gasteiger partial charge in [0.15, 0.2) is 16.4 Å². The smallest absolute Gasteiger partial charge is 0.290 e. The highest BCUT2D eigenvalue weighted by Gasteiger charge is 2.61. The van der Waals surface area contributed by atoms with Crippen molar-refractivity contribution in [1.29, 1.82) is 0 Å². The van der Waals surface area contributed by atoms with Crippen molar-refractivity contribution in [3.8, 4) is 0 Å². The average molecular weight is 330 g/mol. The Morgan fingerprint density at radius 2 is 2.09 bits per heavy atom. The molecular formula is C15H20N7S+. The third-order valence-corrected chi connectivity index (χ3v) is 7.26. The van der Waals surface area contributed by atoms with Gasteiger partial charge in [0.1, 0.15) is 12.1 Å². The standard InChI is InChI=1S/C15H20N7S/c1-21-13(16)19-8-15(21)9-22(6-2-10(15)3-7-22)14-20-11-12(23-14)18-5-4-17-11/h4-5,10H,2-3,6-9H2,1H3,(H2,16,19)/q+1. The topological polar surface area (TPSA) is 80.3 Å². The van der Waals surface area contributed by atoms with Crippen LogP contribution >= 0.6 is 11.3 Å². The number of rotatable bonds is 1. The number of nitrogens with zero attached hydrogens (tertiary/aromatic N) is 6. The van der Waals surface area contributed by atoms with Crippen LogP contribution in [0, 0.1) is 5.92 Å². The highest BCUT2D eigenvalue weighted by Crippen LogP contribution is 2.48. The van der Waals surface area contributed by atoms with E-state index >= 15 is 0 Å². The van der Waals surface area contributed by atoms with Gasteiger partial charge in [-0.05, 0) is 11.3 Å². The third-order valence-electron chi connectivity index (χ3n) is 6.12. The van der Waals surface area contributed by atoms with E-state index in [1.54, 1.807) is 23.7 Å². The zero-order chi connectivity index (χ0) is 15.7. The molecule has 4 aliphatic rings. The molecule has 23 heavy (non-hydrogen) atoms. The maximum atomic E-state index is 6.09. The number of likely N-dealkylation sites (N-methyl/N-ethyl adjacent to an activating group) is 1. The van der Waals surface area contributed by atoms with E-state index in [4.69, 9.17) is 10.7 Å². The summed E-state index contributed by atoms with van der Waals surface area (Å²) >= 11 is 1.70. The largest absolute Gasteiger partial charge is 0.370 e. The molecule has 1 unspecified atom stereocenters. The molecule has 3 fully saturated rings. The first-order valence-electron chi connectivity index (χ1n) is 8.11. The Bertz CT molecular complexity index is 774. The highest BCUT2D eigenvalue weighted by molar-refractivity contribution is 7.21. The molecule has 8 heteroatoms. The van der Waals surface area contributed by atoms with Crippen LogP contribution in [-0.2, 0) is 0 Å². The zero-order valence-electron chi connectivity index (χ0n) is 13.1. The molecule has 0 aromatic carbocycles. The Morgan fingerprint density at radius 3 is 2.78 bits per heavy atom. The highest BCUT2D eigenvalue weighted by atomic mass is 32.1. The van der Waals surface area contributed by atoms with Crippen LogP contribution in [0.3, 0.4) is 0 Å². The van der Waals surface area contributed by atoms with Crippen molar-refractivity contribution in [3.05, 3.63) is 12.4 Å². The SMILES string of the molecule is CN1C(N)=NCC12C[N+]1(c3nc4nccnc4s3)CCC2CC1. The van der Waals surface area contributed by atoms with E-state index in [-0.39, 0.29) is 5.54 Å². The molecule has 1 spiro atoms. The minimum atomic E-state index is 0.0687. The normalized spacial score (nSPS) is 36.1. The van der Waals surface area contributed by atoms with E-state index in [1.807, 2.05) is 0 Å². The molecule has 6 rings (SSSR count). The summed E-state index contributed by atoms with van der Waals surface area (Å²) < 4.78 is 0.937. The summed E-state index contributed by atoms with van der Waals surface area (Å²) in [5.74, 6) is 1.37. The van der Waals surface area contributed by atoms with E-state index in [0.29, 0.717) is 11.9 Å². The fourth-order valence-electron chi connectivity index (χ4n) is 4.76. The Hall–Kier alpha value is -1.80. The molecular weight excluding hydrogens is 310 g/mol. The van der Waals surface area contributed by atoms with Crippen molar-refractivity contribution >= 4 is 32.9 Å². The van der Waals surface area contributed by atoms with Crippen LogP contribution in [0.2, 0.25) is 0 Å². The van der Waals surface area contributed by atoms with Gasteiger partial charge in [0, 0.05) is 38.2 Å². The number of hydrogen-bond acceptors (Lipinski definition) is 7. The maximum absolute atomic E-state index is 6.09. The first kappa shape index (κ1) is 13.6. The van der Waals surface area contributed by atoms with Gasteiger partial charge >= 0.3 is 0 Å². The summed E-state index contributed by atoms with van der Waals surface area (Å²) in [6.45, 7) is 4.17. The van der Waals surface area contributed by atoms with E-state index < -0.39 is 0 Å². The predicted molar refractivity (Wildman–Crippen MR) is 91.3 cm³/mol. The quantitative estimate of drug-likeness (QED) is 0.783. The first-order valence-corrected chi connectivity index (χ1v) is 8.93. The van der Waals surface area contributed by atoms with Crippen molar-refractivity contribution in [1.82, 2.24) is 24.3 Å². The van der Waals surface area contributed by atoms with Crippen LogP contribution in [-0.4, -0.2) is 64.6 Å². The molecule has 0 aliphatic carbocycles.